The molecule has 1 rings (SSSR count). The van der Waals surface area contributed by atoms with Gasteiger partial charge < -0.3 is 0 Å². The lowest BCUT2D eigenvalue weighted by Gasteiger charge is -2.00. The van der Waals surface area contributed by atoms with Crippen molar-refractivity contribution in [3.8, 4) is 0 Å². The summed E-state index contributed by atoms with van der Waals surface area (Å²) in [6.07, 6.45) is 1.47. The van der Waals surface area contributed by atoms with Crippen LogP contribution in [0.5, 0.6) is 0 Å². The van der Waals surface area contributed by atoms with E-state index in [1.165, 1.54) is 0 Å². The lowest BCUT2D eigenvalue weighted by molar-refractivity contribution is 0.111. The van der Waals surface area contributed by atoms with Gasteiger partial charge in [0.05, 0.1) is 10.7 Å². The minimum Gasteiger partial charge on any atom is -0.296 e. The second-order valence-corrected chi connectivity index (χ2v) is 3.50. The van der Waals surface area contributed by atoms with Gasteiger partial charge in [-0.3, -0.25) is 9.89 Å². The molecule has 3 nitrogen and oxygen atoms in total. The first-order valence-corrected chi connectivity index (χ1v) is 4.21. The SMILES string of the molecule is CC(C)Cc1[nH]nc(C=O)c1Cl. The summed E-state index contributed by atoms with van der Waals surface area (Å²) in [4.78, 5) is 10.4. The van der Waals surface area contributed by atoms with E-state index in [4.69, 9.17) is 11.6 Å². The molecule has 4 heteroatoms. The predicted octanol–water partition coefficient (Wildman–Crippen LogP) is 2.07. The van der Waals surface area contributed by atoms with E-state index in [0.29, 0.717) is 22.9 Å². The molecule has 0 amide bonds. The van der Waals surface area contributed by atoms with E-state index in [1.54, 1.807) is 0 Å². The van der Waals surface area contributed by atoms with Gasteiger partial charge in [0.25, 0.3) is 0 Å². The van der Waals surface area contributed by atoms with Crippen molar-refractivity contribution >= 4 is 17.9 Å². The third-order valence-corrected chi connectivity index (χ3v) is 1.95. The summed E-state index contributed by atoms with van der Waals surface area (Å²) in [5.41, 5.74) is 1.14. The number of halogens is 1. The van der Waals surface area contributed by atoms with Crippen LogP contribution < -0.4 is 0 Å². The van der Waals surface area contributed by atoms with Gasteiger partial charge in [0.15, 0.2) is 6.29 Å². The second kappa shape index (κ2) is 3.72. The minimum atomic E-state index is 0.298. The number of hydrogen-bond acceptors (Lipinski definition) is 2. The van der Waals surface area contributed by atoms with Crippen molar-refractivity contribution in [3.63, 3.8) is 0 Å². The quantitative estimate of drug-likeness (QED) is 0.735. The Kier molecular flexibility index (Phi) is 2.87. The molecular formula is C8H11ClN2O. The largest absolute Gasteiger partial charge is 0.296 e. The van der Waals surface area contributed by atoms with Crippen molar-refractivity contribution in [2.75, 3.05) is 0 Å². The van der Waals surface area contributed by atoms with Gasteiger partial charge in [-0.2, -0.15) is 5.10 Å². The minimum absolute atomic E-state index is 0.298. The molecule has 0 spiro atoms. The Morgan fingerprint density at radius 3 is 2.75 bits per heavy atom. The first-order chi connectivity index (χ1) is 5.65. The molecule has 0 bridgehead atoms. The van der Waals surface area contributed by atoms with Crippen molar-refractivity contribution in [2.45, 2.75) is 20.3 Å². The van der Waals surface area contributed by atoms with Gasteiger partial charge >= 0.3 is 0 Å². The van der Waals surface area contributed by atoms with Crippen LogP contribution in [0, 0.1) is 5.92 Å². The Morgan fingerprint density at radius 1 is 1.67 bits per heavy atom. The first kappa shape index (κ1) is 9.26. The molecule has 0 fully saturated rings. The maximum Gasteiger partial charge on any atom is 0.171 e. The summed E-state index contributed by atoms with van der Waals surface area (Å²) in [6.45, 7) is 4.16. The van der Waals surface area contributed by atoms with Gasteiger partial charge in [0.1, 0.15) is 5.69 Å². The van der Waals surface area contributed by atoms with E-state index >= 15 is 0 Å². The van der Waals surface area contributed by atoms with Crippen LogP contribution in [0.25, 0.3) is 0 Å². The molecule has 1 aromatic heterocycles. The smallest absolute Gasteiger partial charge is 0.171 e. The van der Waals surface area contributed by atoms with Crippen molar-refractivity contribution in [1.82, 2.24) is 10.2 Å². The number of carbonyl (C=O) groups is 1. The number of rotatable bonds is 3. The average molecular weight is 187 g/mol. The van der Waals surface area contributed by atoms with Crippen LogP contribution in [0.1, 0.15) is 30.0 Å². The zero-order valence-electron chi connectivity index (χ0n) is 7.10. The summed E-state index contributed by atoms with van der Waals surface area (Å²) in [7, 11) is 0. The molecule has 0 aliphatic heterocycles. The van der Waals surface area contributed by atoms with Crippen LogP contribution in [0.15, 0.2) is 0 Å². The summed E-state index contributed by atoms with van der Waals surface area (Å²) in [5.74, 6) is 0.502. The monoisotopic (exact) mass is 186 g/mol. The molecule has 0 radical (unpaired) electrons. The summed E-state index contributed by atoms with van der Waals surface area (Å²) < 4.78 is 0. The fourth-order valence-electron chi connectivity index (χ4n) is 1.00. The maximum absolute atomic E-state index is 10.4. The number of nitrogens with one attached hydrogen (secondary N) is 1. The highest BCUT2D eigenvalue weighted by molar-refractivity contribution is 6.33. The lowest BCUT2D eigenvalue weighted by atomic mass is 10.1. The molecular weight excluding hydrogens is 176 g/mol. The third kappa shape index (κ3) is 1.85. The Hall–Kier alpha value is -0.830. The number of nitrogens with zero attached hydrogens (tertiary/aromatic N) is 1. The highest BCUT2D eigenvalue weighted by atomic mass is 35.5. The Bertz CT molecular complexity index is 281. The van der Waals surface area contributed by atoms with E-state index in [1.807, 2.05) is 0 Å². The molecule has 1 aromatic rings. The van der Waals surface area contributed by atoms with E-state index in [9.17, 15) is 4.79 Å². The molecule has 0 unspecified atom stereocenters. The number of aromatic nitrogens is 2. The second-order valence-electron chi connectivity index (χ2n) is 3.12. The highest BCUT2D eigenvalue weighted by Crippen LogP contribution is 2.19. The van der Waals surface area contributed by atoms with Gasteiger partial charge in [-0.1, -0.05) is 25.4 Å². The van der Waals surface area contributed by atoms with Gasteiger partial charge in [-0.15, -0.1) is 0 Å². The van der Waals surface area contributed by atoms with E-state index in [0.717, 1.165) is 12.1 Å². The molecule has 0 aliphatic carbocycles. The third-order valence-electron chi connectivity index (χ3n) is 1.53. The standard InChI is InChI=1S/C8H11ClN2O/c1-5(2)3-6-8(9)7(4-12)11-10-6/h4-5H,3H2,1-2H3,(H,10,11). The van der Waals surface area contributed by atoms with Crippen molar-refractivity contribution in [2.24, 2.45) is 5.92 Å². The Labute approximate surface area is 76.1 Å². The summed E-state index contributed by atoms with van der Waals surface area (Å²) >= 11 is 5.84. The molecule has 1 heterocycles. The molecule has 0 aliphatic rings. The van der Waals surface area contributed by atoms with E-state index in [2.05, 4.69) is 24.0 Å². The highest BCUT2D eigenvalue weighted by Gasteiger charge is 2.10. The fourth-order valence-corrected chi connectivity index (χ4v) is 1.21. The fraction of sp³-hybridized carbons (Fsp3) is 0.500. The van der Waals surface area contributed by atoms with Crippen LogP contribution >= 0.6 is 11.6 Å². The maximum atomic E-state index is 10.4. The Morgan fingerprint density at radius 2 is 2.33 bits per heavy atom. The molecule has 66 valence electrons. The van der Waals surface area contributed by atoms with Crippen LogP contribution in [-0.4, -0.2) is 16.5 Å². The molecule has 1 N–H and O–H groups in total. The zero-order chi connectivity index (χ0) is 9.14. The van der Waals surface area contributed by atoms with Gasteiger partial charge in [-0.25, -0.2) is 0 Å². The number of aldehydes is 1. The number of hydrogen-bond donors (Lipinski definition) is 1. The average Bonchev–Trinajstić information content (AvgIpc) is 2.32. The van der Waals surface area contributed by atoms with Gasteiger partial charge in [0.2, 0.25) is 0 Å². The number of H-pyrrole nitrogens is 1. The number of carbonyl (C=O) groups excluding carboxylic acids is 1. The predicted molar refractivity (Wildman–Crippen MR) is 47.5 cm³/mol. The molecule has 0 atom stereocenters. The van der Waals surface area contributed by atoms with Crippen molar-refractivity contribution in [3.05, 3.63) is 16.4 Å². The van der Waals surface area contributed by atoms with Crippen LogP contribution in [-0.2, 0) is 6.42 Å². The van der Waals surface area contributed by atoms with Crippen molar-refractivity contribution in [1.29, 1.82) is 0 Å². The zero-order valence-corrected chi connectivity index (χ0v) is 7.85. The first-order valence-electron chi connectivity index (χ1n) is 3.83. The molecule has 0 saturated carbocycles. The molecule has 0 aromatic carbocycles. The van der Waals surface area contributed by atoms with Crippen LogP contribution in [0.3, 0.4) is 0 Å². The molecule has 0 saturated heterocycles. The normalized spacial score (nSPS) is 10.7. The van der Waals surface area contributed by atoms with E-state index < -0.39 is 0 Å². The topological polar surface area (TPSA) is 45.8 Å². The molecule has 12 heavy (non-hydrogen) atoms. The Balaban J connectivity index is 2.86. The summed E-state index contributed by atoms with van der Waals surface area (Å²) in [5, 5.41) is 6.96. The van der Waals surface area contributed by atoms with Gasteiger partial charge in [-0.05, 0) is 12.3 Å². The lowest BCUT2D eigenvalue weighted by Crippen LogP contribution is -1.94. The van der Waals surface area contributed by atoms with Crippen LogP contribution in [0.2, 0.25) is 5.02 Å². The summed E-state index contributed by atoms with van der Waals surface area (Å²) in [6, 6.07) is 0. The van der Waals surface area contributed by atoms with Crippen molar-refractivity contribution < 1.29 is 4.79 Å². The number of aromatic amines is 1. The van der Waals surface area contributed by atoms with Gasteiger partial charge in [0, 0.05) is 0 Å². The van der Waals surface area contributed by atoms with Crippen LogP contribution in [0.4, 0.5) is 0 Å². The van der Waals surface area contributed by atoms with E-state index in [-0.39, 0.29) is 0 Å².